The molecular weight excluding hydrogens is 317 g/mol. The van der Waals surface area contributed by atoms with Crippen LogP contribution in [0.25, 0.3) is 11.3 Å². The van der Waals surface area contributed by atoms with Crippen molar-refractivity contribution >= 4 is 21.7 Å². The van der Waals surface area contributed by atoms with Crippen LogP contribution < -0.4 is 15.2 Å². The fourth-order valence-corrected chi connectivity index (χ4v) is 2.27. The highest BCUT2D eigenvalue weighted by Crippen LogP contribution is 2.44. The molecule has 1 heterocycles. The summed E-state index contributed by atoms with van der Waals surface area (Å²) in [5, 5.41) is 4.23. The fraction of sp³-hybridized carbons (Fsp3) is 0.250. The number of aryl methyl sites for hydroxylation is 1. The third-order valence-corrected chi connectivity index (χ3v) is 3.51. The molecule has 2 rings (SSSR count). The molecule has 2 aromatic rings. The molecular formula is C12H13BrFN3O2. The highest BCUT2D eigenvalue weighted by atomic mass is 79.9. The first kappa shape index (κ1) is 13.7. The molecule has 19 heavy (non-hydrogen) atoms. The summed E-state index contributed by atoms with van der Waals surface area (Å²) in [6, 6.07) is 2.89. The number of anilines is 1. The number of nitrogen functional groups attached to an aromatic ring is 1. The molecule has 0 amide bonds. The Hall–Kier alpha value is -1.76. The van der Waals surface area contributed by atoms with Crippen LogP contribution in [-0.4, -0.2) is 24.0 Å². The maximum absolute atomic E-state index is 13.9. The summed E-state index contributed by atoms with van der Waals surface area (Å²) in [4.78, 5) is 0. The van der Waals surface area contributed by atoms with Gasteiger partial charge in [-0.15, -0.1) is 0 Å². The van der Waals surface area contributed by atoms with E-state index in [0.29, 0.717) is 28.6 Å². The van der Waals surface area contributed by atoms with Crippen molar-refractivity contribution in [2.24, 2.45) is 7.05 Å². The minimum Gasteiger partial charge on any atom is -0.493 e. The summed E-state index contributed by atoms with van der Waals surface area (Å²) in [5.41, 5.74) is 6.71. The molecule has 102 valence electrons. The molecule has 0 saturated carbocycles. The van der Waals surface area contributed by atoms with E-state index in [1.807, 2.05) is 0 Å². The zero-order valence-electron chi connectivity index (χ0n) is 10.7. The lowest BCUT2D eigenvalue weighted by Crippen LogP contribution is -1.98. The fourth-order valence-electron chi connectivity index (χ4n) is 1.77. The van der Waals surface area contributed by atoms with E-state index in [0.717, 1.165) is 0 Å². The van der Waals surface area contributed by atoms with Crippen molar-refractivity contribution in [3.8, 4) is 22.8 Å². The highest BCUT2D eigenvalue weighted by molar-refractivity contribution is 9.10. The van der Waals surface area contributed by atoms with Gasteiger partial charge in [-0.2, -0.15) is 5.10 Å². The van der Waals surface area contributed by atoms with Crippen molar-refractivity contribution in [1.82, 2.24) is 9.78 Å². The number of nitrogens with two attached hydrogens (primary N) is 1. The van der Waals surface area contributed by atoms with Gasteiger partial charge in [0.25, 0.3) is 0 Å². The second kappa shape index (κ2) is 5.08. The van der Waals surface area contributed by atoms with E-state index in [1.54, 1.807) is 13.1 Å². The van der Waals surface area contributed by atoms with Gasteiger partial charge in [0.05, 0.1) is 29.9 Å². The first-order valence-corrected chi connectivity index (χ1v) is 6.18. The number of aromatic nitrogens is 2. The predicted molar refractivity (Wildman–Crippen MR) is 73.8 cm³/mol. The van der Waals surface area contributed by atoms with Gasteiger partial charge in [0.15, 0.2) is 11.5 Å². The monoisotopic (exact) mass is 329 g/mol. The Kier molecular flexibility index (Phi) is 3.66. The van der Waals surface area contributed by atoms with Crippen LogP contribution in [0.4, 0.5) is 10.2 Å². The molecule has 0 radical (unpaired) electrons. The number of halogens is 2. The normalized spacial score (nSPS) is 10.6. The first-order valence-electron chi connectivity index (χ1n) is 5.39. The van der Waals surface area contributed by atoms with E-state index in [-0.39, 0.29) is 4.47 Å². The number of methoxy groups -OCH3 is 2. The topological polar surface area (TPSA) is 62.3 Å². The zero-order valence-corrected chi connectivity index (χ0v) is 12.3. The van der Waals surface area contributed by atoms with Crippen LogP contribution in [0, 0.1) is 5.82 Å². The Bertz CT molecular complexity index is 608. The van der Waals surface area contributed by atoms with Crippen LogP contribution in [0.3, 0.4) is 0 Å². The number of ether oxygens (including phenoxy) is 2. The van der Waals surface area contributed by atoms with Crippen LogP contribution in [0.1, 0.15) is 0 Å². The van der Waals surface area contributed by atoms with Gasteiger partial charge in [0.2, 0.25) is 0 Å². The molecule has 0 spiro atoms. The maximum Gasteiger partial charge on any atom is 0.171 e. The highest BCUT2D eigenvalue weighted by Gasteiger charge is 2.22. The van der Waals surface area contributed by atoms with Crippen molar-refractivity contribution in [2.75, 3.05) is 20.0 Å². The molecule has 0 saturated heterocycles. The van der Waals surface area contributed by atoms with Crippen LogP contribution in [0.5, 0.6) is 11.5 Å². The molecule has 0 atom stereocenters. The molecule has 5 nitrogen and oxygen atoms in total. The predicted octanol–water partition coefficient (Wildman–Crippen LogP) is 2.59. The van der Waals surface area contributed by atoms with Crippen molar-refractivity contribution in [1.29, 1.82) is 0 Å². The summed E-state index contributed by atoms with van der Waals surface area (Å²) in [5.74, 6) is 0.695. The van der Waals surface area contributed by atoms with E-state index in [4.69, 9.17) is 15.2 Å². The minimum atomic E-state index is -0.461. The van der Waals surface area contributed by atoms with Gasteiger partial charge in [-0.1, -0.05) is 0 Å². The van der Waals surface area contributed by atoms with Gasteiger partial charge < -0.3 is 15.2 Å². The van der Waals surface area contributed by atoms with Gasteiger partial charge in [-0.25, -0.2) is 4.39 Å². The van der Waals surface area contributed by atoms with Crippen molar-refractivity contribution in [3.63, 3.8) is 0 Å². The number of rotatable bonds is 3. The standard InChI is InChI=1S/C12H13BrFN3O2/c1-17-9(15)5-7(16-17)10-11(13)6(14)4-8(18-2)12(10)19-3/h4-5H,15H2,1-3H3. The largest absolute Gasteiger partial charge is 0.493 e. The van der Waals surface area contributed by atoms with Gasteiger partial charge in [-0.05, 0) is 15.9 Å². The zero-order chi connectivity index (χ0) is 14.2. The lowest BCUT2D eigenvalue weighted by atomic mass is 10.1. The summed E-state index contributed by atoms with van der Waals surface area (Å²) >= 11 is 3.21. The van der Waals surface area contributed by atoms with Gasteiger partial charge in [0, 0.05) is 19.2 Å². The average Bonchev–Trinajstić information content (AvgIpc) is 2.71. The average molecular weight is 330 g/mol. The molecule has 0 bridgehead atoms. The van der Waals surface area contributed by atoms with Crippen LogP contribution in [0.15, 0.2) is 16.6 Å². The van der Waals surface area contributed by atoms with Crippen LogP contribution in [0.2, 0.25) is 0 Å². The Labute approximate surface area is 118 Å². The summed E-state index contributed by atoms with van der Waals surface area (Å²) < 4.78 is 26.1. The van der Waals surface area contributed by atoms with Crippen LogP contribution in [-0.2, 0) is 7.05 Å². The summed E-state index contributed by atoms with van der Waals surface area (Å²) in [6.45, 7) is 0. The molecule has 7 heteroatoms. The third-order valence-electron chi connectivity index (χ3n) is 2.73. The third kappa shape index (κ3) is 2.25. The minimum absolute atomic E-state index is 0.253. The Balaban J connectivity index is 2.76. The van der Waals surface area contributed by atoms with Crippen molar-refractivity contribution in [3.05, 3.63) is 22.4 Å². The first-order chi connectivity index (χ1) is 8.99. The van der Waals surface area contributed by atoms with Gasteiger partial charge in [-0.3, -0.25) is 4.68 Å². The lowest BCUT2D eigenvalue weighted by molar-refractivity contribution is 0.353. The Morgan fingerprint density at radius 1 is 1.32 bits per heavy atom. The number of hydrogen-bond acceptors (Lipinski definition) is 4. The van der Waals surface area contributed by atoms with E-state index in [2.05, 4.69) is 21.0 Å². The molecule has 1 aromatic heterocycles. The number of hydrogen-bond donors (Lipinski definition) is 1. The quantitative estimate of drug-likeness (QED) is 0.940. The number of benzene rings is 1. The van der Waals surface area contributed by atoms with Crippen LogP contribution >= 0.6 is 15.9 Å². The number of nitrogens with zero attached hydrogens (tertiary/aromatic N) is 2. The maximum atomic E-state index is 13.9. The Morgan fingerprint density at radius 3 is 2.47 bits per heavy atom. The smallest absolute Gasteiger partial charge is 0.171 e. The Morgan fingerprint density at radius 2 is 2.00 bits per heavy atom. The van der Waals surface area contributed by atoms with E-state index >= 15 is 0 Å². The molecule has 1 aromatic carbocycles. The van der Waals surface area contributed by atoms with Crippen molar-refractivity contribution < 1.29 is 13.9 Å². The molecule has 0 aliphatic rings. The van der Waals surface area contributed by atoms with Crippen molar-refractivity contribution in [2.45, 2.75) is 0 Å². The van der Waals surface area contributed by atoms with Gasteiger partial charge >= 0.3 is 0 Å². The van der Waals surface area contributed by atoms with Gasteiger partial charge in [0.1, 0.15) is 11.6 Å². The molecule has 0 aliphatic carbocycles. The summed E-state index contributed by atoms with van der Waals surface area (Å²) in [6.07, 6.45) is 0. The summed E-state index contributed by atoms with van der Waals surface area (Å²) in [7, 11) is 4.63. The molecule has 0 fully saturated rings. The second-order valence-corrected chi connectivity index (χ2v) is 4.65. The molecule has 2 N–H and O–H groups in total. The van der Waals surface area contributed by atoms with E-state index in [9.17, 15) is 4.39 Å². The second-order valence-electron chi connectivity index (χ2n) is 3.86. The molecule has 0 aliphatic heterocycles. The SMILES string of the molecule is COc1cc(F)c(Br)c(-c2cc(N)n(C)n2)c1OC. The van der Waals surface area contributed by atoms with E-state index in [1.165, 1.54) is 25.0 Å². The molecule has 0 unspecified atom stereocenters. The lowest BCUT2D eigenvalue weighted by Gasteiger charge is -2.13. The van der Waals surface area contributed by atoms with E-state index < -0.39 is 5.82 Å².